The van der Waals surface area contributed by atoms with Gasteiger partial charge in [0.1, 0.15) is 6.54 Å². The molecule has 0 spiro atoms. The number of hydrogen-bond donors (Lipinski definition) is 1. The van der Waals surface area contributed by atoms with Gasteiger partial charge in [-0.1, -0.05) is 72.8 Å². The summed E-state index contributed by atoms with van der Waals surface area (Å²) in [6, 6.07) is 30.1. The van der Waals surface area contributed by atoms with E-state index in [1.165, 1.54) is 5.39 Å². The molecule has 1 atom stereocenters. The minimum atomic E-state index is -0.529. The molecule has 2 heterocycles. The Labute approximate surface area is 197 Å². The Bertz CT molecular complexity index is 1610. The zero-order chi connectivity index (χ0) is 23.4. The quantitative estimate of drug-likeness (QED) is 0.422. The van der Waals surface area contributed by atoms with E-state index < -0.39 is 11.9 Å². The van der Waals surface area contributed by atoms with Crippen LogP contribution in [0.2, 0.25) is 0 Å². The van der Waals surface area contributed by atoms with Crippen LogP contribution in [-0.4, -0.2) is 27.8 Å². The van der Waals surface area contributed by atoms with Crippen molar-refractivity contribution in [1.29, 1.82) is 0 Å². The average Bonchev–Trinajstić information content (AvgIpc) is 3.29. The molecule has 0 bridgehead atoms. The summed E-state index contributed by atoms with van der Waals surface area (Å²) in [4.78, 5) is 27.0. The van der Waals surface area contributed by atoms with Gasteiger partial charge in [-0.25, -0.2) is 0 Å². The number of carbonyl (C=O) groups excluding carboxylic acids is 2. The number of hydrogen-bond acceptors (Lipinski definition) is 2. The highest BCUT2D eigenvalue weighted by Crippen LogP contribution is 2.46. The first-order valence-corrected chi connectivity index (χ1v) is 11.3. The Morgan fingerprint density at radius 3 is 2.41 bits per heavy atom. The van der Waals surface area contributed by atoms with Crippen LogP contribution in [0.3, 0.4) is 0 Å². The Balaban J connectivity index is 1.68. The van der Waals surface area contributed by atoms with Crippen LogP contribution in [0.1, 0.15) is 27.5 Å². The van der Waals surface area contributed by atoms with Crippen molar-refractivity contribution in [3.63, 3.8) is 0 Å². The average molecular weight is 446 g/mol. The summed E-state index contributed by atoms with van der Waals surface area (Å²) in [7, 11) is 2.05. The Morgan fingerprint density at radius 2 is 1.59 bits per heavy atom. The van der Waals surface area contributed by atoms with Crippen LogP contribution in [0, 0.1) is 0 Å². The maximum atomic E-state index is 13.4. The fraction of sp³-hybridized carbons (Fsp3) is 0.103. The van der Waals surface area contributed by atoms with Gasteiger partial charge in [-0.3, -0.25) is 9.59 Å². The van der Waals surface area contributed by atoms with Gasteiger partial charge in [-0.05, 0) is 40.1 Å². The predicted molar refractivity (Wildman–Crippen MR) is 134 cm³/mol. The van der Waals surface area contributed by atoms with E-state index in [-0.39, 0.29) is 12.5 Å². The third kappa shape index (κ3) is 2.94. The Kier molecular flexibility index (Phi) is 4.52. The zero-order valence-corrected chi connectivity index (χ0v) is 18.7. The van der Waals surface area contributed by atoms with E-state index in [2.05, 4.69) is 54.1 Å². The van der Waals surface area contributed by atoms with Gasteiger partial charge in [-0.2, -0.15) is 0 Å². The molecule has 2 N–H and O–H groups in total. The standard InChI is InChI=1S/C29H23N3O2/c1-31-24-13-7-6-12-23(24)26(27(31)20-15-14-18-8-2-3-9-19(18)16-20)28-21-10-4-5-11-22(21)29(34)32(28)17-25(30)33/h2-16,28H,17H2,1H3,(H2,30,33)/t28-/m1/s1. The summed E-state index contributed by atoms with van der Waals surface area (Å²) in [5, 5.41) is 3.37. The maximum absolute atomic E-state index is 13.4. The molecule has 0 aliphatic carbocycles. The van der Waals surface area contributed by atoms with E-state index in [9.17, 15) is 9.59 Å². The van der Waals surface area contributed by atoms with Crippen LogP contribution >= 0.6 is 0 Å². The molecule has 5 nitrogen and oxygen atoms in total. The number of aryl methyl sites for hydroxylation is 1. The second kappa shape index (κ2) is 7.59. The molecule has 2 amide bonds. The highest BCUT2D eigenvalue weighted by atomic mass is 16.2. The molecule has 1 aromatic heterocycles. The summed E-state index contributed by atoms with van der Waals surface area (Å²) in [6.45, 7) is -0.140. The fourth-order valence-electron chi connectivity index (χ4n) is 5.40. The van der Waals surface area contributed by atoms with Crippen LogP contribution in [-0.2, 0) is 11.8 Å². The maximum Gasteiger partial charge on any atom is 0.255 e. The number of nitrogens with two attached hydrogens (primary N) is 1. The molecule has 34 heavy (non-hydrogen) atoms. The van der Waals surface area contributed by atoms with Crippen LogP contribution < -0.4 is 5.73 Å². The molecule has 4 aromatic carbocycles. The van der Waals surface area contributed by atoms with Crippen molar-refractivity contribution in [2.45, 2.75) is 6.04 Å². The number of primary amides is 1. The van der Waals surface area contributed by atoms with Crippen molar-refractivity contribution in [2.24, 2.45) is 12.8 Å². The summed E-state index contributed by atoms with van der Waals surface area (Å²) in [5.74, 6) is -0.699. The van der Waals surface area contributed by atoms with Crippen molar-refractivity contribution in [1.82, 2.24) is 9.47 Å². The Morgan fingerprint density at radius 1 is 0.882 bits per heavy atom. The van der Waals surface area contributed by atoms with Gasteiger partial charge in [0.15, 0.2) is 0 Å². The van der Waals surface area contributed by atoms with Crippen molar-refractivity contribution < 1.29 is 9.59 Å². The lowest BCUT2D eigenvalue weighted by Crippen LogP contribution is -2.37. The topological polar surface area (TPSA) is 68.3 Å². The summed E-state index contributed by atoms with van der Waals surface area (Å²) < 4.78 is 2.18. The van der Waals surface area contributed by atoms with E-state index >= 15 is 0 Å². The van der Waals surface area contributed by atoms with E-state index in [1.807, 2.05) is 48.5 Å². The van der Waals surface area contributed by atoms with Crippen molar-refractivity contribution in [2.75, 3.05) is 6.54 Å². The van der Waals surface area contributed by atoms with Gasteiger partial charge in [0.25, 0.3) is 5.91 Å². The molecular formula is C29H23N3O2. The smallest absolute Gasteiger partial charge is 0.255 e. The van der Waals surface area contributed by atoms with E-state index in [0.717, 1.165) is 38.7 Å². The highest BCUT2D eigenvalue weighted by molar-refractivity contribution is 6.04. The van der Waals surface area contributed by atoms with Crippen LogP contribution in [0.15, 0.2) is 91.0 Å². The number of rotatable bonds is 4. The molecule has 0 unspecified atom stereocenters. The largest absolute Gasteiger partial charge is 0.368 e. The molecule has 166 valence electrons. The lowest BCUT2D eigenvalue weighted by atomic mass is 9.92. The van der Waals surface area contributed by atoms with Gasteiger partial charge in [0.2, 0.25) is 5.91 Å². The molecule has 1 aliphatic rings. The first-order valence-electron chi connectivity index (χ1n) is 11.3. The monoisotopic (exact) mass is 445 g/mol. The van der Waals surface area contributed by atoms with E-state index in [0.29, 0.717) is 5.56 Å². The van der Waals surface area contributed by atoms with Crippen molar-refractivity contribution in [3.8, 4) is 11.3 Å². The van der Waals surface area contributed by atoms with Gasteiger partial charge in [0.05, 0.1) is 11.7 Å². The highest BCUT2D eigenvalue weighted by Gasteiger charge is 2.41. The molecule has 6 rings (SSSR count). The van der Waals surface area contributed by atoms with Crippen LogP contribution in [0.4, 0.5) is 0 Å². The first kappa shape index (κ1) is 20.2. The predicted octanol–water partition coefficient (Wildman–Crippen LogP) is 5.03. The van der Waals surface area contributed by atoms with Crippen LogP contribution in [0.5, 0.6) is 0 Å². The second-order valence-electron chi connectivity index (χ2n) is 8.79. The van der Waals surface area contributed by atoms with Gasteiger partial charge >= 0.3 is 0 Å². The van der Waals surface area contributed by atoms with Gasteiger partial charge < -0.3 is 15.2 Å². The lowest BCUT2D eigenvalue weighted by Gasteiger charge is -2.26. The van der Waals surface area contributed by atoms with E-state index in [4.69, 9.17) is 5.73 Å². The minimum absolute atomic E-state index is 0.140. The van der Waals surface area contributed by atoms with Crippen molar-refractivity contribution >= 4 is 33.5 Å². The zero-order valence-electron chi connectivity index (χ0n) is 18.7. The van der Waals surface area contributed by atoms with Gasteiger partial charge in [0, 0.05) is 29.1 Å². The Hall–Kier alpha value is -4.38. The third-order valence-corrected chi connectivity index (χ3v) is 6.83. The summed E-state index contributed by atoms with van der Waals surface area (Å²) in [6.07, 6.45) is 0. The normalized spacial score (nSPS) is 15.3. The third-order valence-electron chi connectivity index (χ3n) is 6.83. The molecule has 5 aromatic rings. The number of benzene rings is 4. The van der Waals surface area contributed by atoms with Crippen LogP contribution in [0.25, 0.3) is 32.9 Å². The second-order valence-corrected chi connectivity index (χ2v) is 8.79. The lowest BCUT2D eigenvalue weighted by molar-refractivity contribution is -0.118. The summed E-state index contributed by atoms with van der Waals surface area (Å²) in [5.41, 5.74) is 11.3. The first-order chi connectivity index (χ1) is 16.5. The van der Waals surface area contributed by atoms with E-state index in [1.54, 1.807) is 4.90 Å². The number of nitrogens with zero attached hydrogens (tertiary/aromatic N) is 2. The number of fused-ring (bicyclic) bond motifs is 3. The number of amides is 2. The van der Waals surface area contributed by atoms with Crippen molar-refractivity contribution in [3.05, 3.63) is 108 Å². The van der Waals surface area contributed by atoms with Gasteiger partial charge in [-0.15, -0.1) is 0 Å². The molecule has 5 heteroatoms. The molecular weight excluding hydrogens is 422 g/mol. The number of aromatic nitrogens is 1. The molecule has 0 radical (unpaired) electrons. The minimum Gasteiger partial charge on any atom is -0.368 e. The molecule has 0 saturated heterocycles. The molecule has 0 saturated carbocycles. The number of para-hydroxylation sites is 1. The SMILES string of the molecule is Cn1c(-c2ccc3ccccc3c2)c([C@H]2c3ccccc3C(=O)N2CC(N)=O)c2ccccc21. The summed E-state index contributed by atoms with van der Waals surface area (Å²) >= 11 is 0. The fourth-order valence-corrected chi connectivity index (χ4v) is 5.40. The molecule has 1 aliphatic heterocycles. The number of carbonyl (C=O) groups is 2. The molecule has 0 fully saturated rings.